The fourth-order valence-corrected chi connectivity index (χ4v) is 6.90. The van der Waals surface area contributed by atoms with Gasteiger partial charge in [-0.3, -0.25) is 14.4 Å². The summed E-state index contributed by atoms with van der Waals surface area (Å²) in [4.78, 5) is 41.7. The van der Waals surface area contributed by atoms with Crippen LogP contribution in [0.15, 0.2) is 24.5 Å². The summed E-state index contributed by atoms with van der Waals surface area (Å²) in [5.74, 6) is -2.41. The number of fused-ring (bicyclic) bond motifs is 1. The molecule has 0 saturated carbocycles. The Morgan fingerprint density at radius 1 is 1.13 bits per heavy atom. The lowest BCUT2D eigenvalue weighted by Crippen LogP contribution is -2.61. The normalized spacial score (nSPS) is 34.3. The number of Topliss-reactive ketones (excluding diaryl/α,β-unsaturated/α-hetero) is 1. The van der Waals surface area contributed by atoms with Crippen molar-refractivity contribution >= 4 is 25.7 Å². The molecule has 0 radical (unpaired) electrons. The van der Waals surface area contributed by atoms with E-state index >= 15 is 4.39 Å². The minimum absolute atomic E-state index is 0.105. The second kappa shape index (κ2) is 14.8. The minimum Gasteiger partial charge on any atom is -0.455 e. The van der Waals surface area contributed by atoms with Crippen molar-refractivity contribution in [3.63, 3.8) is 0 Å². The van der Waals surface area contributed by atoms with Crippen LogP contribution in [0.4, 0.5) is 9.18 Å². The average molecular weight is 658 g/mol. The molecule has 0 spiro atoms. The van der Waals surface area contributed by atoms with E-state index in [1.165, 1.54) is 0 Å². The SMILES string of the molecule is B[C@@H]1CC(=O)[C@](C)(F)C(=O)O[C@H](CC)[C@@]2(C)OC(=O)N(CCCCn3cc(-c4cccnn4)nn3)[C@@H]2[C@@H](C)NC[C@H](C)C[C@@]1(C)OC. The highest BCUT2D eigenvalue weighted by atomic mass is 19.1. The van der Waals surface area contributed by atoms with Crippen LogP contribution in [0.25, 0.3) is 11.4 Å². The zero-order valence-corrected chi connectivity index (χ0v) is 28.9. The smallest absolute Gasteiger partial charge is 0.410 e. The molecule has 0 unspecified atom stereocenters. The molecule has 2 aromatic heterocycles. The number of carbonyl (C=O) groups is 3. The maximum absolute atomic E-state index is 16.0. The maximum atomic E-state index is 16.0. The zero-order valence-electron chi connectivity index (χ0n) is 28.9. The molecule has 15 heteroatoms. The third kappa shape index (κ3) is 7.82. The number of alkyl halides is 1. The van der Waals surface area contributed by atoms with E-state index in [-0.39, 0.29) is 30.6 Å². The monoisotopic (exact) mass is 657 g/mol. The summed E-state index contributed by atoms with van der Waals surface area (Å²) < 4.78 is 35.3. The average Bonchev–Trinajstić information content (AvgIpc) is 3.62. The lowest BCUT2D eigenvalue weighted by Gasteiger charge is -2.41. The predicted molar refractivity (Wildman–Crippen MR) is 174 cm³/mol. The molecule has 47 heavy (non-hydrogen) atoms. The first-order chi connectivity index (χ1) is 22.2. The number of cyclic esters (lactones) is 1. The fourth-order valence-electron chi connectivity index (χ4n) is 6.90. The molecule has 2 aliphatic heterocycles. The molecule has 2 saturated heterocycles. The van der Waals surface area contributed by atoms with Gasteiger partial charge in [-0.15, -0.1) is 10.2 Å². The van der Waals surface area contributed by atoms with Crippen LogP contribution in [-0.2, 0) is 30.3 Å². The topological polar surface area (TPSA) is 151 Å². The molecule has 8 atom stereocenters. The van der Waals surface area contributed by atoms with E-state index in [2.05, 4.69) is 32.7 Å². The van der Waals surface area contributed by atoms with Gasteiger partial charge in [0.2, 0.25) is 0 Å². The number of hydrogen-bond acceptors (Lipinski definition) is 11. The van der Waals surface area contributed by atoms with Crippen LogP contribution in [0, 0.1) is 5.92 Å². The Bertz CT molecular complexity index is 1400. The van der Waals surface area contributed by atoms with Gasteiger partial charge in [0, 0.05) is 38.9 Å². The number of ether oxygens (including phenoxy) is 3. The van der Waals surface area contributed by atoms with Gasteiger partial charge >= 0.3 is 12.1 Å². The molecule has 0 aliphatic carbocycles. The van der Waals surface area contributed by atoms with Crippen molar-refractivity contribution in [2.24, 2.45) is 5.92 Å². The number of aromatic nitrogens is 5. The van der Waals surface area contributed by atoms with Gasteiger partial charge < -0.3 is 19.5 Å². The lowest BCUT2D eigenvalue weighted by atomic mass is 9.67. The highest BCUT2D eigenvalue weighted by Crippen LogP contribution is 2.40. The Kier molecular flexibility index (Phi) is 11.4. The van der Waals surface area contributed by atoms with E-state index in [4.69, 9.17) is 14.2 Å². The quantitative estimate of drug-likeness (QED) is 0.193. The number of ketones is 1. The number of halogens is 1. The van der Waals surface area contributed by atoms with E-state index in [9.17, 15) is 14.4 Å². The van der Waals surface area contributed by atoms with Crippen LogP contribution < -0.4 is 5.32 Å². The van der Waals surface area contributed by atoms with Crippen molar-refractivity contribution in [3.8, 4) is 11.4 Å². The Labute approximate surface area is 277 Å². The number of nitrogens with zero attached hydrogens (tertiary/aromatic N) is 6. The van der Waals surface area contributed by atoms with Gasteiger partial charge in [-0.25, -0.2) is 14.0 Å². The van der Waals surface area contributed by atoms with Gasteiger partial charge in [-0.2, -0.15) is 5.10 Å². The number of unbranched alkanes of at least 4 members (excludes halogenated alkanes) is 1. The molecule has 0 aromatic carbocycles. The maximum Gasteiger partial charge on any atom is 0.410 e. The number of amides is 1. The molecular formula is C32H49BFN7O6. The van der Waals surface area contributed by atoms with Crippen molar-refractivity contribution in [1.82, 2.24) is 35.4 Å². The molecule has 2 aliphatic rings. The Morgan fingerprint density at radius 3 is 2.51 bits per heavy atom. The van der Waals surface area contributed by atoms with Crippen molar-refractivity contribution in [2.45, 2.75) is 121 Å². The number of aryl methyl sites for hydroxylation is 1. The summed E-state index contributed by atoms with van der Waals surface area (Å²) in [5, 5.41) is 19.9. The van der Waals surface area contributed by atoms with E-state index in [1.807, 2.05) is 27.8 Å². The van der Waals surface area contributed by atoms with E-state index in [0.717, 1.165) is 6.92 Å². The Balaban J connectivity index is 1.55. The molecule has 2 fully saturated rings. The predicted octanol–water partition coefficient (Wildman–Crippen LogP) is 2.95. The van der Waals surface area contributed by atoms with Gasteiger partial charge in [0.05, 0.1) is 17.8 Å². The van der Waals surface area contributed by atoms with Gasteiger partial charge in [0.15, 0.2) is 11.4 Å². The van der Waals surface area contributed by atoms with Crippen molar-refractivity contribution < 1.29 is 33.0 Å². The second-order valence-electron chi connectivity index (χ2n) is 13.7. The summed E-state index contributed by atoms with van der Waals surface area (Å²) in [5.41, 5.74) is -3.69. The molecule has 1 N–H and O–H groups in total. The van der Waals surface area contributed by atoms with Gasteiger partial charge in [-0.1, -0.05) is 19.1 Å². The van der Waals surface area contributed by atoms with Gasteiger partial charge in [0.25, 0.3) is 5.67 Å². The minimum atomic E-state index is -2.88. The Hall–Kier alpha value is -3.46. The van der Waals surface area contributed by atoms with E-state index < -0.39 is 46.9 Å². The number of carbonyl (C=O) groups excluding carboxylic acids is 3. The van der Waals surface area contributed by atoms with Gasteiger partial charge in [-0.05, 0) is 83.8 Å². The van der Waals surface area contributed by atoms with Crippen molar-refractivity contribution in [3.05, 3.63) is 24.5 Å². The molecule has 1 amide bonds. The Morgan fingerprint density at radius 2 is 1.85 bits per heavy atom. The third-order valence-corrected chi connectivity index (χ3v) is 10.1. The standard InChI is InChI=1S/C32H49BFN7O6/c1-8-26-32(6)27(41(29(44)47-32)15-10-9-14-40-19-23(38-39-40)22-12-11-13-36-37-22)21(3)35-18-20(2)17-30(4,45-7)24(33)16-25(42)31(5,34)28(43)46-26/h11-13,19-21,24,26-27,35H,8-10,14-18,33H2,1-7H3/t20-,21-,24-,26-,27-,30-,31+,32-/m1/s1. The molecule has 0 bridgehead atoms. The zero-order chi connectivity index (χ0) is 34.6. The van der Waals surface area contributed by atoms with E-state index in [0.29, 0.717) is 50.3 Å². The van der Waals surface area contributed by atoms with Crippen LogP contribution in [0.2, 0.25) is 5.82 Å². The molecule has 258 valence electrons. The number of rotatable bonds is 8. The number of hydrogen-bond donors (Lipinski definition) is 1. The summed E-state index contributed by atoms with van der Waals surface area (Å²) in [6, 6.07) is 2.74. The molecule has 4 heterocycles. The van der Waals surface area contributed by atoms with E-state index in [1.54, 1.807) is 49.0 Å². The van der Waals surface area contributed by atoms with Crippen molar-refractivity contribution in [1.29, 1.82) is 0 Å². The first-order valence-corrected chi connectivity index (χ1v) is 16.6. The summed E-state index contributed by atoms with van der Waals surface area (Å²) >= 11 is 0. The highest BCUT2D eigenvalue weighted by Gasteiger charge is 2.59. The molecule has 4 rings (SSSR count). The molecule has 13 nitrogen and oxygen atoms in total. The van der Waals surface area contributed by atoms with Crippen molar-refractivity contribution in [2.75, 3.05) is 20.2 Å². The molecule has 2 aromatic rings. The van der Waals surface area contributed by atoms with Crippen LogP contribution in [0.3, 0.4) is 0 Å². The van der Waals surface area contributed by atoms with Crippen LogP contribution in [-0.4, -0.2) is 111 Å². The summed E-state index contributed by atoms with van der Waals surface area (Å²) in [7, 11) is 3.41. The highest BCUT2D eigenvalue weighted by molar-refractivity contribution is 6.16. The van der Waals surface area contributed by atoms with Crippen LogP contribution in [0.5, 0.6) is 0 Å². The first-order valence-electron chi connectivity index (χ1n) is 16.6. The van der Waals surface area contributed by atoms with Crippen LogP contribution >= 0.6 is 0 Å². The largest absolute Gasteiger partial charge is 0.455 e. The van der Waals surface area contributed by atoms with Crippen LogP contribution in [0.1, 0.15) is 73.6 Å². The third-order valence-electron chi connectivity index (χ3n) is 10.1. The first kappa shape index (κ1) is 36.4. The lowest BCUT2D eigenvalue weighted by molar-refractivity contribution is -0.178. The summed E-state index contributed by atoms with van der Waals surface area (Å²) in [6.07, 6.45) is 3.81. The molecular weight excluding hydrogens is 608 g/mol. The fraction of sp³-hybridized carbons (Fsp3) is 0.719. The summed E-state index contributed by atoms with van der Waals surface area (Å²) in [6.45, 7) is 11.9. The number of methoxy groups -OCH3 is 1. The number of nitrogens with one attached hydrogen (secondary N) is 1. The van der Waals surface area contributed by atoms with Gasteiger partial charge in [0.1, 0.15) is 25.3 Å². The second-order valence-corrected chi connectivity index (χ2v) is 13.7. The number of esters is 1.